The van der Waals surface area contributed by atoms with Crippen LogP contribution in [0.3, 0.4) is 0 Å². The molecule has 1 heterocycles. The van der Waals surface area contributed by atoms with Gasteiger partial charge in [-0.1, -0.05) is 30.7 Å². The van der Waals surface area contributed by atoms with Gasteiger partial charge in [-0.3, -0.25) is 4.68 Å². The molecule has 5 heteroatoms. The fourth-order valence-corrected chi connectivity index (χ4v) is 1.51. The number of nitrogens with zero attached hydrogens (tertiary/aromatic N) is 2. The lowest BCUT2D eigenvalue weighted by Gasteiger charge is -2.13. The van der Waals surface area contributed by atoms with E-state index in [4.69, 9.17) is 29.6 Å². The maximum atomic E-state index is 5.75. The maximum Gasteiger partial charge on any atom is 0.0785 e. The third-order valence-electron chi connectivity index (χ3n) is 1.85. The molecule has 0 saturated carbocycles. The Bertz CT molecular complexity index is 297. The molecular formula is C8H12ClN3S. The quantitative estimate of drug-likeness (QED) is 0.787. The molecule has 1 aromatic rings. The molecule has 0 bridgehead atoms. The summed E-state index contributed by atoms with van der Waals surface area (Å²) >= 11 is 10.6. The summed E-state index contributed by atoms with van der Waals surface area (Å²) in [5.74, 6) is 0. The van der Waals surface area contributed by atoms with Crippen LogP contribution in [-0.2, 0) is 0 Å². The zero-order valence-electron chi connectivity index (χ0n) is 7.40. The summed E-state index contributed by atoms with van der Waals surface area (Å²) in [6, 6.07) is 0.227. The monoisotopic (exact) mass is 217 g/mol. The van der Waals surface area contributed by atoms with Gasteiger partial charge in [-0.2, -0.15) is 5.10 Å². The van der Waals surface area contributed by atoms with Crippen molar-refractivity contribution < 1.29 is 0 Å². The molecule has 13 heavy (non-hydrogen) atoms. The number of hydrogen-bond acceptors (Lipinski definition) is 2. The number of nitrogens with two attached hydrogens (primary N) is 1. The minimum absolute atomic E-state index is 0.227. The van der Waals surface area contributed by atoms with Gasteiger partial charge in [0.1, 0.15) is 0 Å². The van der Waals surface area contributed by atoms with Crippen LogP contribution >= 0.6 is 23.8 Å². The molecule has 0 fully saturated rings. The molecule has 0 amide bonds. The van der Waals surface area contributed by atoms with Gasteiger partial charge in [0.15, 0.2) is 0 Å². The Labute approximate surface area is 87.9 Å². The van der Waals surface area contributed by atoms with Crippen molar-refractivity contribution in [2.24, 2.45) is 5.73 Å². The van der Waals surface area contributed by atoms with Gasteiger partial charge >= 0.3 is 0 Å². The van der Waals surface area contributed by atoms with Crippen molar-refractivity contribution >= 4 is 28.8 Å². The first-order valence-electron chi connectivity index (χ1n) is 4.11. The fourth-order valence-electron chi connectivity index (χ4n) is 1.17. The van der Waals surface area contributed by atoms with E-state index in [1.54, 1.807) is 12.4 Å². The Morgan fingerprint density at radius 3 is 2.92 bits per heavy atom. The zero-order chi connectivity index (χ0) is 9.84. The second kappa shape index (κ2) is 4.58. The summed E-state index contributed by atoms with van der Waals surface area (Å²) in [6.45, 7) is 2.07. The third kappa shape index (κ3) is 2.97. The average Bonchev–Trinajstić information content (AvgIpc) is 2.47. The van der Waals surface area contributed by atoms with Crippen molar-refractivity contribution in [1.29, 1.82) is 0 Å². The van der Waals surface area contributed by atoms with Gasteiger partial charge in [-0.05, 0) is 6.42 Å². The van der Waals surface area contributed by atoms with Crippen molar-refractivity contribution in [3.05, 3.63) is 17.4 Å². The largest absolute Gasteiger partial charge is 0.393 e. The van der Waals surface area contributed by atoms with Crippen LogP contribution in [0.15, 0.2) is 12.4 Å². The van der Waals surface area contributed by atoms with Crippen molar-refractivity contribution in [3.8, 4) is 0 Å². The molecule has 1 unspecified atom stereocenters. The number of hydrogen-bond donors (Lipinski definition) is 1. The van der Waals surface area contributed by atoms with Gasteiger partial charge in [-0.15, -0.1) is 0 Å². The molecule has 1 aromatic heterocycles. The molecule has 1 atom stereocenters. The SMILES string of the molecule is CCC(CC(N)=S)n1cc(Cl)cn1. The van der Waals surface area contributed by atoms with Crippen LogP contribution in [-0.4, -0.2) is 14.8 Å². The standard InChI is InChI=1S/C8H12ClN3S/c1-2-7(3-8(10)13)12-5-6(9)4-11-12/h4-5,7H,2-3H2,1H3,(H2,10,13). The van der Waals surface area contributed by atoms with Gasteiger partial charge in [0.05, 0.1) is 22.2 Å². The van der Waals surface area contributed by atoms with Crippen LogP contribution in [0.25, 0.3) is 0 Å². The summed E-state index contributed by atoms with van der Waals surface area (Å²) in [7, 11) is 0. The predicted molar refractivity (Wildman–Crippen MR) is 58.0 cm³/mol. The molecule has 72 valence electrons. The van der Waals surface area contributed by atoms with E-state index < -0.39 is 0 Å². The molecule has 0 aliphatic heterocycles. The van der Waals surface area contributed by atoms with E-state index in [-0.39, 0.29) is 6.04 Å². The highest BCUT2D eigenvalue weighted by Gasteiger charge is 2.10. The minimum Gasteiger partial charge on any atom is -0.393 e. The second-order valence-corrected chi connectivity index (χ2v) is 3.83. The Morgan fingerprint density at radius 2 is 2.54 bits per heavy atom. The van der Waals surface area contributed by atoms with Crippen molar-refractivity contribution in [1.82, 2.24) is 9.78 Å². The summed E-state index contributed by atoms with van der Waals surface area (Å²) in [5.41, 5.74) is 5.47. The number of rotatable bonds is 4. The number of halogens is 1. The van der Waals surface area contributed by atoms with Crippen molar-refractivity contribution in [2.75, 3.05) is 0 Å². The number of thiocarbonyl (C=S) groups is 1. The van der Waals surface area contributed by atoms with Crippen LogP contribution in [0.5, 0.6) is 0 Å². The first-order chi connectivity index (χ1) is 6.13. The summed E-state index contributed by atoms with van der Waals surface area (Å²) in [5, 5.41) is 4.75. The van der Waals surface area contributed by atoms with E-state index in [0.29, 0.717) is 16.4 Å². The van der Waals surface area contributed by atoms with Crippen LogP contribution in [0, 0.1) is 0 Å². The first-order valence-corrected chi connectivity index (χ1v) is 4.90. The van der Waals surface area contributed by atoms with E-state index in [1.807, 2.05) is 4.68 Å². The lowest BCUT2D eigenvalue weighted by Crippen LogP contribution is -2.17. The summed E-state index contributed by atoms with van der Waals surface area (Å²) in [4.78, 5) is 0.512. The molecule has 0 spiro atoms. The molecule has 0 aliphatic carbocycles. The second-order valence-electron chi connectivity index (χ2n) is 2.87. The highest BCUT2D eigenvalue weighted by Crippen LogP contribution is 2.17. The van der Waals surface area contributed by atoms with E-state index in [9.17, 15) is 0 Å². The lowest BCUT2D eigenvalue weighted by molar-refractivity contribution is 0.455. The normalized spacial score (nSPS) is 12.8. The van der Waals surface area contributed by atoms with Gasteiger partial charge in [0, 0.05) is 12.6 Å². The smallest absolute Gasteiger partial charge is 0.0785 e. The molecule has 1 rings (SSSR count). The van der Waals surface area contributed by atoms with Gasteiger partial charge in [0.25, 0.3) is 0 Å². The molecular weight excluding hydrogens is 206 g/mol. The Hall–Kier alpha value is -0.610. The molecule has 2 N–H and O–H groups in total. The Balaban J connectivity index is 2.72. The summed E-state index contributed by atoms with van der Waals surface area (Å²) < 4.78 is 1.81. The van der Waals surface area contributed by atoms with Crippen molar-refractivity contribution in [3.63, 3.8) is 0 Å². The fraction of sp³-hybridized carbons (Fsp3) is 0.500. The highest BCUT2D eigenvalue weighted by atomic mass is 35.5. The van der Waals surface area contributed by atoms with E-state index in [2.05, 4.69) is 12.0 Å². The van der Waals surface area contributed by atoms with Crippen LogP contribution in [0.1, 0.15) is 25.8 Å². The molecule has 0 aromatic carbocycles. The minimum atomic E-state index is 0.227. The third-order valence-corrected chi connectivity index (χ3v) is 2.21. The predicted octanol–water partition coefficient (Wildman–Crippen LogP) is 2.16. The molecule has 0 aliphatic rings. The van der Waals surface area contributed by atoms with Gasteiger partial charge < -0.3 is 5.73 Å². The molecule has 0 saturated heterocycles. The Morgan fingerprint density at radius 1 is 1.85 bits per heavy atom. The Kier molecular flexibility index (Phi) is 3.69. The molecule has 0 radical (unpaired) electrons. The van der Waals surface area contributed by atoms with E-state index in [1.165, 1.54) is 0 Å². The van der Waals surface area contributed by atoms with E-state index in [0.717, 1.165) is 6.42 Å². The first kappa shape index (κ1) is 10.5. The maximum absolute atomic E-state index is 5.75. The van der Waals surface area contributed by atoms with Gasteiger partial charge in [0.2, 0.25) is 0 Å². The highest BCUT2D eigenvalue weighted by molar-refractivity contribution is 7.80. The number of aromatic nitrogens is 2. The van der Waals surface area contributed by atoms with Crippen molar-refractivity contribution in [2.45, 2.75) is 25.8 Å². The average molecular weight is 218 g/mol. The van der Waals surface area contributed by atoms with Crippen LogP contribution < -0.4 is 5.73 Å². The molecule has 3 nitrogen and oxygen atoms in total. The zero-order valence-corrected chi connectivity index (χ0v) is 8.98. The van der Waals surface area contributed by atoms with Crippen LogP contribution in [0.4, 0.5) is 0 Å². The van der Waals surface area contributed by atoms with Gasteiger partial charge in [-0.25, -0.2) is 0 Å². The van der Waals surface area contributed by atoms with Crippen LogP contribution in [0.2, 0.25) is 5.02 Å². The van der Waals surface area contributed by atoms with E-state index >= 15 is 0 Å². The lowest BCUT2D eigenvalue weighted by atomic mass is 10.1. The summed E-state index contributed by atoms with van der Waals surface area (Å²) in [6.07, 6.45) is 5.01. The topological polar surface area (TPSA) is 43.8 Å².